The molecule has 29 heavy (non-hydrogen) atoms. The Labute approximate surface area is 172 Å². The summed E-state index contributed by atoms with van der Waals surface area (Å²) in [5, 5.41) is 16.0. The van der Waals surface area contributed by atoms with Crippen LogP contribution in [-0.2, 0) is 0 Å². The number of nitrogens with zero attached hydrogens (tertiary/aromatic N) is 4. The van der Waals surface area contributed by atoms with Crippen LogP contribution in [0, 0.1) is 0 Å². The van der Waals surface area contributed by atoms with E-state index in [4.69, 9.17) is 11.6 Å². The molecule has 0 aliphatic carbocycles. The smallest absolute Gasteiger partial charge is 0.212 e. The Morgan fingerprint density at radius 2 is 1.97 bits per heavy atom. The van der Waals surface area contributed by atoms with Gasteiger partial charge < -0.3 is 5.32 Å². The number of pyridine rings is 1. The zero-order valence-corrected chi connectivity index (χ0v) is 16.4. The third kappa shape index (κ3) is 3.32. The third-order valence-corrected chi connectivity index (χ3v) is 5.70. The van der Waals surface area contributed by atoms with Crippen LogP contribution in [0.1, 0.15) is 34.9 Å². The molecule has 0 bridgehead atoms. The maximum Gasteiger partial charge on any atom is 0.212 e. The molecule has 1 aliphatic rings. The van der Waals surface area contributed by atoms with Crippen LogP contribution in [0.5, 0.6) is 0 Å². The number of fused-ring (bicyclic) bond motifs is 1. The zero-order chi connectivity index (χ0) is 19.8. The van der Waals surface area contributed by atoms with E-state index >= 15 is 0 Å². The van der Waals surface area contributed by atoms with Crippen molar-refractivity contribution in [2.45, 2.75) is 18.9 Å². The molecule has 7 nitrogen and oxygen atoms in total. The van der Waals surface area contributed by atoms with Gasteiger partial charge in [0.25, 0.3) is 0 Å². The average Bonchev–Trinajstić information content (AvgIpc) is 3.41. The Hall–Kier alpha value is -3.03. The average molecular weight is 407 g/mol. The van der Waals surface area contributed by atoms with Crippen molar-refractivity contribution in [2.75, 3.05) is 13.1 Å². The topological polar surface area (TPSA) is 88.5 Å². The van der Waals surface area contributed by atoms with Crippen LogP contribution in [0.2, 0.25) is 5.02 Å². The molecule has 4 heterocycles. The Bertz CT molecular complexity index is 1190. The van der Waals surface area contributed by atoms with Crippen LogP contribution >= 0.6 is 11.6 Å². The predicted molar refractivity (Wildman–Crippen MR) is 111 cm³/mol. The number of hydrogen-bond donors (Lipinski definition) is 2. The van der Waals surface area contributed by atoms with Crippen molar-refractivity contribution in [3.63, 3.8) is 0 Å². The molecular weight excluding hydrogens is 388 g/mol. The first-order valence-corrected chi connectivity index (χ1v) is 9.97. The van der Waals surface area contributed by atoms with Gasteiger partial charge in [-0.25, -0.2) is 4.98 Å². The second kappa shape index (κ2) is 7.42. The van der Waals surface area contributed by atoms with Gasteiger partial charge in [0.15, 0.2) is 5.65 Å². The van der Waals surface area contributed by atoms with E-state index in [1.165, 1.54) is 0 Å². The van der Waals surface area contributed by atoms with E-state index < -0.39 is 0 Å². The number of ketones is 1. The SMILES string of the molecule is O=C(c1ccccc1Cl)c1[nH]nc2ncc(-c3cnn(C4CCNCC4)c3)cc12. The van der Waals surface area contributed by atoms with Crippen LogP contribution in [0.15, 0.2) is 48.9 Å². The molecule has 0 saturated carbocycles. The number of aromatic amines is 1. The van der Waals surface area contributed by atoms with E-state index in [0.29, 0.717) is 33.4 Å². The minimum atomic E-state index is -0.206. The number of piperidine rings is 1. The molecule has 3 aromatic heterocycles. The summed E-state index contributed by atoms with van der Waals surface area (Å²) in [6.07, 6.45) is 7.79. The van der Waals surface area contributed by atoms with Crippen LogP contribution in [0.25, 0.3) is 22.2 Å². The van der Waals surface area contributed by atoms with Gasteiger partial charge in [0.1, 0.15) is 5.69 Å². The molecule has 2 N–H and O–H groups in total. The molecule has 1 saturated heterocycles. The fraction of sp³-hybridized carbons (Fsp3) is 0.238. The third-order valence-electron chi connectivity index (χ3n) is 5.37. The number of aromatic nitrogens is 5. The first kappa shape index (κ1) is 18.0. The number of carbonyl (C=O) groups is 1. The summed E-state index contributed by atoms with van der Waals surface area (Å²) in [6, 6.07) is 9.33. The molecule has 0 unspecified atom stereocenters. The number of rotatable bonds is 4. The number of halogens is 1. The summed E-state index contributed by atoms with van der Waals surface area (Å²) >= 11 is 6.20. The van der Waals surface area contributed by atoms with Crippen molar-refractivity contribution in [3.8, 4) is 11.1 Å². The molecule has 1 fully saturated rings. The fourth-order valence-corrected chi connectivity index (χ4v) is 3.99. The van der Waals surface area contributed by atoms with E-state index in [-0.39, 0.29) is 5.78 Å². The molecular formula is C21H19ClN6O. The normalized spacial score (nSPS) is 15.1. The molecule has 1 aromatic carbocycles. The van der Waals surface area contributed by atoms with E-state index in [0.717, 1.165) is 37.1 Å². The van der Waals surface area contributed by atoms with E-state index in [2.05, 4.69) is 31.8 Å². The van der Waals surface area contributed by atoms with E-state index in [9.17, 15) is 4.79 Å². The highest BCUT2D eigenvalue weighted by atomic mass is 35.5. The Balaban J connectivity index is 1.51. The van der Waals surface area contributed by atoms with Crippen molar-refractivity contribution in [2.24, 2.45) is 0 Å². The zero-order valence-electron chi connectivity index (χ0n) is 15.6. The van der Waals surface area contributed by atoms with Gasteiger partial charge in [0.05, 0.1) is 22.6 Å². The number of carbonyl (C=O) groups excluding carboxylic acids is 1. The van der Waals surface area contributed by atoms with Gasteiger partial charge in [-0.1, -0.05) is 23.7 Å². The van der Waals surface area contributed by atoms with Crippen LogP contribution in [0.4, 0.5) is 0 Å². The van der Waals surface area contributed by atoms with Gasteiger partial charge >= 0.3 is 0 Å². The first-order valence-electron chi connectivity index (χ1n) is 9.59. The van der Waals surface area contributed by atoms with Crippen LogP contribution in [-0.4, -0.2) is 43.8 Å². The molecule has 146 valence electrons. The Morgan fingerprint density at radius 1 is 1.14 bits per heavy atom. The number of hydrogen-bond acceptors (Lipinski definition) is 5. The quantitative estimate of drug-likeness (QED) is 0.505. The minimum Gasteiger partial charge on any atom is -0.317 e. The van der Waals surface area contributed by atoms with Crippen molar-refractivity contribution in [3.05, 3.63) is 65.2 Å². The maximum atomic E-state index is 13.0. The Kier molecular flexibility index (Phi) is 4.61. The predicted octanol–water partition coefficient (Wildman–Crippen LogP) is 3.63. The molecule has 5 rings (SSSR count). The van der Waals surface area contributed by atoms with Gasteiger partial charge in [-0.2, -0.15) is 10.2 Å². The van der Waals surface area contributed by atoms with Crippen molar-refractivity contribution in [1.29, 1.82) is 0 Å². The van der Waals surface area contributed by atoms with Gasteiger partial charge in [-0.3, -0.25) is 14.6 Å². The van der Waals surface area contributed by atoms with Crippen molar-refractivity contribution >= 4 is 28.4 Å². The highest BCUT2D eigenvalue weighted by Crippen LogP contribution is 2.27. The highest BCUT2D eigenvalue weighted by molar-refractivity contribution is 6.35. The van der Waals surface area contributed by atoms with Crippen LogP contribution < -0.4 is 5.32 Å². The number of nitrogens with one attached hydrogen (secondary N) is 2. The molecule has 8 heteroatoms. The largest absolute Gasteiger partial charge is 0.317 e. The lowest BCUT2D eigenvalue weighted by Crippen LogP contribution is -2.29. The number of benzene rings is 1. The van der Waals surface area contributed by atoms with Gasteiger partial charge in [-0.05, 0) is 44.1 Å². The molecule has 1 aliphatic heterocycles. The van der Waals surface area contributed by atoms with Crippen molar-refractivity contribution in [1.82, 2.24) is 30.3 Å². The lowest BCUT2D eigenvalue weighted by molar-refractivity contribution is 0.103. The molecule has 0 radical (unpaired) electrons. The fourth-order valence-electron chi connectivity index (χ4n) is 3.77. The summed E-state index contributed by atoms with van der Waals surface area (Å²) in [6.45, 7) is 2.02. The summed E-state index contributed by atoms with van der Waals surface area (Å²) < 4.78 is 2.03. The second-order valence-corrected chi connectivity index (χ2v) is 7.60. The summed E-state index contributed by atoms with van der Waals surface area (Å²) in [7, 11) is 0. The monoisotopic (exact) mass is 406 g/mol. The van der Waals surface area contributed by atoms with E-state index in [1.54, 1.807) is 30.5 Å². The van der Waals surface area contributed by atoms with Gasteiger partial charge in [-0.15, -0.1) is 0 Å². The summed E-state index contributed by atoms with van der Waals surface area (Å²) in [4.78, 5) is 17.4. The lowest BCUT2D eigenvalue weighted by Gasteiger charge is -2.22. The molecule has 4 aromatic rings. The number of H-pyrrole nitrogens is 1. The van der Waals surface area contributed by atoms with E-state index in [1.807, 2.05) is 16.9 Å². The second-order valence-electron chi connectivity index (χ2n) is 7.19. The molecule has 0 amide bonds. The summed E-state index contributed by atoms with van der Waals surface area (Å²) in [5.41, 5.74) is 3.18. The Morgan fingerprint density at radius 3 is 2.79 bits per heavy atom. The minimum absolute atomic E-state index is 0.206. The molecule has 0 atom stereocenters. The highest BCUT2D eigenvalue weighted by Gasteiger charge is 2.20. The van der Waals surface area contributed by atoms with Gasteiger partial charge in [0.2, 0.25) is 5.78 Å². The first-order chi connectivity index (χ1) is 14.2. The van der Waals surface area contributed by atoms with Crippen LogP contribution in [0.3, 0.4) is 0 Å². The maximum absolute atomic E-state index is 13.0. The molecule has 0 spiro atoms. The van der Waals surface area contributed by atoms with Gasteiger partial charge in [0, 0.05) is 29.1 Å². The standard InChI is InChI=1S/C21H19ClN6O/c22-18-4-2-1-3-16(18)20(29)19-17-9-13(10-24-21(17)27-26-19)14-11-25-28(12-14)15-5-7-23-8-6-15/h1-4,9-12,15,23H,5-8H2,(H,24,26,27). The lowest BCUT2D eigenvalue weighted by atomic mass is 10.0. The summed E-state index contributed by atoms with van der Waals surface area (Å²) in [5.74, 6) is -0.206. The van der Waals surface area contributed by atoms with Crippen molar-refractivity contribution < 1.29 is 4.79 Å².